The van der Waals surface area contributed by atoms with Crippen LogP contribution in [0.25, 0.3) is 0 Å². The Morgan fingerprint density at radius 3 is 2.28 bits per heavy atom. The van der Waals surface area contributed by atoms with Gasteiger partial charge in [-0.25, -0.2) is 0 Å². The third kappa shape index (κ3) is 4.83. The summed E-state index contributed by atoms with van der Waals surface area (Å²) in [6.45, 7) is 6.49. The minimum Gasteiger partial charge on any atom is -0.496 e. The van der Waals surface area contributed by atoms with Crippen LogP contribution in [0.5, 0.6) is 5.75 Å². The molecule has 2 N–H and O–H groups in total. The van der Waals surface area contributed by atoms with E-state index >= 15 is 0 Å². The molecule has 0 spiro atoms. The van der Waals surface area contributed by atoms with Gasteiger partial charge in [-0.2, -0.15) is 0 Å². The van der Waals surface area contributed by atoms with Gasteiger partial charge in [-0.05, 0) is 37.0 Å². The summed E-state index contributed by atoms with van der Waals surface area (Å²) >= 11 is 0. The molecule has 0 aromatic heterocycles. The number of ether oxygens (including phenoxy) is 1. The lowest BCUT2D eigenvalue weighted by Gasteiger charge is -2.18. The van der Waals surface area contributed by atoms with Crippen LogP contribution >= 0.6 is 0 Å². The number of anilines is 1. The molecular weight excluding hydrogens is 312 g/mol. The Balaban J connectivity index is 2.02. The zero-order valence-electron chi connectivity index (χ0n) is 15.6. The standard InChI is InChI=1S/C21H28N2O2/c1-5-16-10-9-11-17(6-2)21(16)23-20(24)14-22-15(3)18-12-7-8-13-19(18)25-4/h7-13,15,22H,5-6,14H2,1-4H3,(H,23,24). The van der Waals surface area contributed by atoms with Crippen molar-refractivity contribution in [2.24, 2.45) is 0 Å². The molecule has 2 rings (SSSR count). The summed E-state index contributed by atoms with van der Waals surface area (Å²) in [7, 11) is 1.66. The number of amides is 1. The first-order valence-electron chi connectivity index (χ1n) is 8.87. The molecule has 0 aliphatic carbocycles. The maximum absolute atomic E-state index is 12.4. The molecule has 134 valence electrons. The smallest absolute Gasteiger partial charge is 0.238 e. The molecule has 4 heteroatoms. The van der Waals surface area contributed by atoms with Gasteiger partial charge in [-0.15, -0.1) is 0 Å². The lowest BCUT2D eigenvalue weighted by molar-refractivity contribution is -0.115. The summed E-state index contributed by atoms with van der Waals surface area (Å²) in [6.07, 6.45) is 1.79. The highest BCUT2D eigenvalue weighted by atomic mass is 16.5. The highest BCUT2D eigenvalue weighted by Gasteiger charge is 2.14. The van der Waals surface area contributed by atoms with E-state index in [4.69, 9.17) is 4.74 Å². The molecule has 1 unspecified atom stereocenters. The molecule has 0 saturated carbocycles. The van der Waals surface area contributed by atoms with E-state index in [0.29, 0.717) is 0 Å². The molecule has 0 bridgehead atoms. The molecule has 0 radical (unpaired) electrons. The first-order chi connectivity index (χ1) is 12.1. The minimum absolute atomic E-state index is 0.0222. The fraction of sp³-hybridized carbons (Fsp3) is 0.381. The number of carbonyl (C=O) groups excluding carboxylic acids is 1. The van der Waals surface area contributed by atoms with Gasteiger partial charge in [0.25, 0.3) is 0 Å². The summed E-state index contributed by atoms with van der Waals surface area (Å²) in [5.41, 5.74) is 4.35. The van der Waals surface area contributed by atoms with Crippen LogP contribution in [0.4, 0.5) is 5.69 Å². The van der Waals surface area contributed by atoms with Crippen molar-refractivity contribution in [3.05, 3.63) is 59.2 Å². The number of methoxy groups -OCH3 is 1. The highest BCUT2D eigenvalue weighted by molar-refractivity contribution is 5.93. The molecule has 0 aliphatic rings. The van der Waals surface area contributed by atoms with Crippen LogP contribution in [0.15, 0.2) is 42.5 Å². The van der Waals surface area contributed by atoms with Crippen LogP contribution in [0.1, 0.15) is 43.5 Å². The average Bonchev–Trinajstić information content (AvgIpc) is 2.66. The van der Waals surface area contributed by atoms with E-state index in [0.717, 1.165) is 29.8 Å². The van der Waals surface area contributed by atoms with Crippen LogP contribution in [-0.4, -0.2) is 19.6 Å². The van der Waals surface area contributed by atoms with E-state index < -0.39 is 0 Å². The molecule has 0 fully saturated rings. The number of nitrogens with one attached hydrogen (secondary N) is 2. The molecule has 0 heterocycles. The second kappa shape index (κ2) is 9.23. The zero-order chi connectivity index (χ0) is 18.2. The minimum atomic E-state index is -0.0302. The van der Waals surface area contributed by atoms with Crippen LogP contribution in [0.2, 0.25) is 0 Å². The van der Waals surface area contributed by atoms with Crippen molar-refractivity contribution in [3.8, 4) is 5.75 Å². The molecule has 2 aromatic rings. The second-order valence-electron chi connectivity index (χ2n) is 6.05. The van der Waals surface area contributed by atoms with Crippen LogP contribution in [-0.2, 0) is 17.6 Å². The number of benzene rings is 2. The summed E-state index contributed by atoms with van der Waals surface area (Å²) in [5, 5.41) is 6.36. The van der Waals surface area contributed by atoms with E-state index in [1.165, 1.54) is 11.1 Å². The monoisotopic (exact) mass is 340 g/mol. The topological polar surface area (TPSA) is 50.4 Å². The fourth-order valence-electron chi connectivity index (χ4n) is 2.97. The highest BCUT2D eigenvalue weighted by Crippen LogP contribution is 2.25. The van der Waals surface area contributed by atoms with Gasteiger partial charge < -0.3 is 15.4 Å². The van der Waals surface area contributed by atoms with Crippen LogP contribution < -0.4 is 15.4 Å². The first-order valence-corrected chi connectivity index (χ1v) is 8.87. The quantitative estimate of drug-likeness (QED) is 0.760. The second-order valence-corrected chi connectivity index (χ2v) is 6.05. The summed E-state index contributed by atoms with van der Waals surface area (Å²) in [5.74, 6) is 0.796. The number of aryl methyl sites for hydroxylation is 2. The van der Waals surface area contributed by atoms with Crippen LogP contribution in [0, 0.1) is 0 Å². The van der Waals surface area contributed by atoms with Crippen molar-refractivity contribution in [3.63, 3.8) is 0 Å². The Morgan fingerprint density at radius 1 is 1.04 bits per heavy atom. The predicted octanol–water partition coefficient (Wildman–Crippen LogP) is 4.11. The SMILES string of the molecule is CCc1cccc(CC)c1NC(=O)CNC(C)c1ccccc1OC. The third-order valence-corrected chi connectivity index (χ3v) is 4.44. The molecule has 0 saturated heterocycles. The van der Waals surface area contributed by atoms with Gasteiger partial charge in [-0.3, -0.25) is 4.79 Å². The molecule has 2 aromatic carbocycles. The van der Waals surface area contributed by atoms with E-state index in [1.54, 1.807) is 7.11 Å². The number of para-hydroxylation sites is 2. The maximum atomic E-state index is 12.4. The number of hydrogen-bond acceptors (Lipinski definition) is 3. The molecular formula is C21H28N2O2. The van der Waals surface area contributed by atoms with Gasteiger partial charge in [-0.1, -0.05) is 50.2 Å². The molecule has 25 heavy (non-hydrogen) atoms. The lowest BCUT2D eigenvalue weighted by atomic mass is 10.0. The fourth-order valence-corrected chi connectivity index (χ4v) is 2.97. The van der Waals surface area contributed by atoms with E-state index in [1.807, 2.05) is 31.2 Å². The molecule has 1 amide bonds. The number of carbonyl (C=O) groups is 1. The Hall–Kier alpha value is -2.33. The van der Waals surface area contributed by atoms with Gasteiger partial charge >= 0.3 is 0 Å². The summed E-state index contributed by atoms with van der Waals surface area (Å²) < 4.78 is 5.39. The van der Waals surface area contributed by atoms with Crippen molar-refractivity contribution in [1.29, 1.82) is 0 Å². The average molecular weight is 340 g/mol. The largest absolute Gasteiger partial charge is 0.496 e. The van der Waals surface area contributed by atoms with Gasteiger partial charge in [0.05, 0.1) is 13.7 Å². The third-order valence-electron chi connectivity index (χ3n) is 4.44. The first kappa shape index (κ1) is 19.0. The summed E-state index contributed by atoms with van der Waals surface area (Å²) in [6, 6.07) is 14.1. The number of rotatable bonds is 8. The van der Waals surface area contributed by atoms with Crippen molar-refractivity contribution < 1.29 is 9.53 Å². The summed E-state index contributed by atoms with van der Waals surface area (Å²) in [4.78, 5) is 12.4. The van der Waals surface area contributed by atoms with Crippen molar-refractivity contribution in [2.45, 2.75) is 39.7 Å². The maximum Gasteiger partial charge on any atom is 0.238 e. The van der Waals surface area contributed by atoms with Crippen molar-refractivity contribution >= 4 is 11.6 Å². The zero-order valence-corrected chi connectivity index (χ0v) is 15.6. The molecule has 1 atom stereocenters. The van der Waals surface area contributed by atoms with Crippen LogP contribution in [0.3, 0.4) is 0 Å². The van der Waals surface area contributed by atoms with Gasteiger partial charge in [0, 0.05) is 17.3 Å². The van der Waals surface area contributed by atoms with Crippen molar-refractivity contribution in [2.75, 3.05) is 19.0 Å². The van der Waals surface area contributed by atoms with E-state index in [2.05, 4.69) is 42.7 Å². The number of hydrogen-bond donors (Lipinski definition) is 2. The Labute approximate surface area is 150 Å². The van der Waals surface area contributed by atoms with E-state index in [-0.39, 0.29) is 18.5 Å². The normalized spacial score (nSPS) is 11.8. The molecule has 4 nitrogen and oxygen atoms in total. The Morgan fingerprint density at radius 2 is 1.68 bits per heavy atom. The molecule has 0 aliphatic heterocycles. The Bertz CT molecular complexity index is 691. The van der Waals surface area contributed by atoms with Gasteiger partial charge in [0.2, 0.25) is 5.91 Å². The Kier molecular flexibility index (Phi) is 7.02. The van der Waals surface area contributed by atoms with Crippen molar-refractivity contribution in [1.82, 2.24) is 5.32 Å². The van der Waals surface area contributed by atoms with Gasteiger partial charge in [0.15, 0.2) is 0 Å². The van der Waals surface area contributed by atoms with E-state index in [9.17, 15) is 4.79 Å². The van der Waals surface area contributed by atoms with Gasteiger partial charge in [0.1, 0.15) is 5.75 Å². The lowest BCUT2D eigenvalue weighted by Crippen LogP contribution is -2.30. The predicted molar refractivity (Wildman–Crippen MR) is 103 cm³/mol.